The van der Waals surface area contributed by atoms with Crippen LogP contribution in [0.4, 0.5) is 17.1 Å². The largest absolute Gasteiger partial charge is 0.309 e. The molecule has 11 rings (SSSR count). The summed E-state index contributed by atoms with van der Waals surface area (Å²) < 4.78 is 2.54. The summed E-state index contributed by atoms with van der Waals surface area (Å²) in [4.78, 5) is 2.58. The molecule has 0 atom stereocenters. The Kier molecular flexibility index (Phi) is 11.4. The van der Waals surface area contributed by atoms with Crippen molar-refractivity contribution in [3.8, 4) is 27.9 Å². The fraction of sp³-hybridized carbons (Fsp3) is 0.278. The third-order valence-corrected chi connectivity index (χ3v) is 15.9. The molecule has 10 aromatic carbocycles. The minimum atomic E-state index is -0.0941. The standard InChI is InChI=1S/C72H74N2/c1-68(2,3)50-29-36-63-59(42-50)60-43-51(69(4,5)6)30-37-64(60)74(63)62-35-27-47-24-31-57-61(34-26-46-25-32-58(62)67(47)66(46)57)73(55-23-19-22-48(40-55)45-20-17-16-18-21-45)65-44-52(70(7,8)9)28-33-56(65)49-38-53(71(10,11)12)41-54(39-49)72(13,14)15/h16-44H,1-15H3. The maximum atomic E-state index is 2.58. The molecule has 74 heavy (non-hydrogen) atoms. The minimum Gasteiger partial charge on any atom is -0.309 e. The van der Waals surface area contributed by atoms with Gasteiger partial charge in [-0.05, 0) is 148 Å². The van der Waals surface area contributed by atoms with Crippen LogP contribution >= 0.6 is 0 Å². The number of nitrogens with zero attached hydrogens (tertiary/aromatic N) is 2. The summed E-state index contributed by atoms with van der Waals surface area (Å²) in [6.45, 7) is 35.0. The fourth-order valence-corrected chi connectivity index (χ4v) is 11.3. The highest BCUT2D eigenvalue weighted by Crippen LogP contribution is 2.50. The first-order valence-electron chi connectivity index (χ1n) is 26.9. The Morgan fingerprint density at radius 1 is 0.311 bits per heavy atom. The first-order chi connectivity index (χ1) is 34.8. The van der Waals surface area contributed by atoms with E-state index in [2.05, 4.69) is 289 Å². The average Bonchev–Trinajstić information content (AvgIpc) is 3.68. The summed E-state index contributed by atoms with van der Waals surface area (Å²) in [5, 5.41) is 10.1. The van der Waals surface area contributed by atoms with Crippen LogP contribution in [0.5, 0.6) is 0 Å². The van der Waals surface area contributed by atoms with Crippen molar-refractivity contribution in [2.24, 2.45) is 0 Å². The molecule has 0 bridgehead atoms. The van der Waals surface area contributed by atoms with Gasteiger partial charge in [-0.15, -0.1) is 0 Å². The van der Waals surface area contributed by atoms with E-state index in [1.807, 2.05) is 0 Å². The Balaban J connectivity index is 1.22. The second-order valence-corrected chi connectivity index (χ2v) is 26.4. The van der Waals surface area contributed by atoms with E-state index in [0.717, 1.165) is 11.4 Å². The number of benzene rings is 10. The van der Waals surface area contributed by atoms with Gasteiger partial charge in [0.2, 0.25) is 0 Å². The van der Waals surface area contributed by atoms with E-state index >= 15 is 0 Å². The monoisotopic (exact) mass is 967 g/mol. The van der Waals surface area contributed by atoms with Crippen molar-refractivity contribution < 1.29 is 0 Å². The van der Waals surface area contributed by atoms with Gasteiger partial charge in [-0.3, -0.25) is 0 Å². The topological polar surface area (TPSA) is 8.17 Å². The molecule has 1 heterocycles. The fourth-order valence-electron chi connectivity index (χ4n) is 11.3. The third-order valence-electron chi connectivity index (χ3n) is 15.9. The van der Waals surface area contributed by atoms with Crippen LogP contribution in [0, 0.1) is 0 Å². The molecule has 0 unspecified atom stereocenters. The summed E-state index contributed by atoms with van der Waals surface area (Å²) in [5.41, 5.74) is 18.5. The predicted molar refractivity (Wildman–Crippen MR) is 324 cm³/mol. The van der Waals surface area contributed by atoms with Crippen LogP contribution in [0.1, 0.15) is 132 Å². The second-order valence-electron chi connectivity index (χ2n) is 26.4. The number of hydrogen-bond acceptors (Lipinski definition) is 1. The summed E-state index contributed by atoms with van der Waals surface area (Å²) >= 11 is 0. The van der Waals surface area contributed by atoms with Crippen molar-refractivity contribution in [3.05, 3.63) is 204 Å². The molecule has 0 fully saturated rings. The van der Waals surface area contributed by atoms with Crippen LogP contribution in [0.3, 0.4) is 0 Å². The lowest BCUT2D eigenvalue weighted by Crippen LogP contribution is -2.18. The molecule has 0 radical (unpaired) electrons. The van der Waals surface area contributed by atoms with Gasteiger partial charge in [0, 0.05) is 32.8 Å². The Hall–Kier alpha value is -7.16. The van der Waals surface area contributed by atoms with E-state index in [9.17, 15) is 0 Å². The highest BCUT2D eigenvalue weighted by molar-refractivity contribution is 6.27. The lowest BCUT2D eigenvalue weighted by atomic mass is 9.78. The van der Waals surface area contributed by atoms with E-state index in [1.165, 1.54) is 116 Å². The zero-order valence-corrected chi connectivity index (χ0v) is 46.6. The van der Waals surface area contributed by atoms with Crippen molar-refractivity contribution in [2.75, 3.05) is 4.90 Å². The Labute approximate surface area is 441 Å². The SMILES string of the molecule is CC(C)(C)c1cc(-c2ccc(C(C)(C)C)cc2N(c2cccc(-c3ccccc3)c2)c2ccc3ccc4c(-n5c6ccc(C(C)(C)C)cc6c6cc(C(C)(C)C)ccc65)ccc5ccc2c3c54)cc(C(C)(C)C)c1. The van der Waals surface area contributed by atoms with Gasteiger partial charge in [-0.1, -0.05) is 225 Å². The summed E-state index contributed by atoms with van der Waals surface area (Å²) in [6.07, 6.45) is 0. The number of hydrogen-bond donors (Lipinski definition) is 0. The van der Waals surface area contributed by atoms with E-state index in [1.54, 1.807) is 0 Å². The molecule has 0 spiro atoms. The normalized spacial score (nSPS) is 13.1. The molecular formula is C72H74N2. The summed E-state index contributed by atoms with van der Waals surface area (Å²) in [5.74, 6) is 0. The lowest BCUT2D eigenvalue weighted by Gasteiger charge is -2.33. The van der Waals surface area contributed by atoms with Crippen molar-refractivity contribution in [1.29, 1.82) is 0 Å². The zero-order valence-electron chi connectivity index (χ0n) is 46.6. The maximum Gasteiger partial charge on any atom is 0.0543 e. The Bertz CT molecular complexity index is 3850. The van der Waals surface area contributed by atoms with Crippen LogP contribution < -0.4 is 4.90 Å². The minimum absolute atomic E-state index is 0.0202. The van der Waals surface area contributed by atoms with Gasteiger partial charge >= 0.3 is 0 Å². The molecule has 0 aliphatic carbocycles. The predicted octanol–water partition coefficient (Wildman–Crippen LogP) is 21.0. The maximum absolute atomic E-state index is 2.58. The second kappa shape index (κ2) is 17.2. The Morgan fingerprint density at radius 3 is 1.36 bits per heavy atom. The molecule has 0 N–H and O–H groups in total. The van der Waals surface area contributed by atoms with E-state index < -0.39 is 0 Å². The molecule has 372 valence electrons. The quantitative estimate of drug-likeness (QED) is 0.151. The highest BCUT2D eigenvalue weighted by atomic mass is 15.1. The summed E-state index contributed by atoms with van der Waals surface area (Å²) in [6, 6.07) is 67.9. The molecular weight excluding hydrogens is 893 g/mol. The third kappa shape index (κ3) is 8.55. The lowest BCUT2D eigenvalue weighted by molar-refractivity contribution is 0.569. The first kappa shape index (κ1) is 49.1. The molecule has 0 saturated heterocycles. The number of rotatable bonds is 6. The van der Waals surface area contributed by atoms with E-state index in [4.69, 9.17) is 0 Å². The van der Waals surface area contributed by atoms with Gasteiger partial charge in [0.15, 0.2) is 0 Å². The van der Waals surface area contributed by atoms with Gasteiger partial charge in [0.25, 0.3) is 0 Å². The summed E-state index contributed by atoms with van der Waals surface area (Å²) in [7, 11) is 0. The number of aromatic nitrogens is 1. The first-order valence-corrected chi connectivity index (χ1v) is 26.9. The molecule has 2 nitrogen and oxygen atoms in total. The molecule has 0 aliphatic rings. The van der Waals surface area contributed by atoms with Gasteiger partial charge in [0.05, 0.1) is 28.1 Å². The van der Waals surface area contributed by atoms with Crippen molar-refractivity contribution in [1.82, 2.24) is 4.57 Å². The number of anilines is 3. The van der Waals surface area contributed by atoms with Crippen LogP contribution in [0.15, 0.2) is 176 Å². The van der Waals surface area contributed by atoms with Crippen LogP contribution in [-0.4, -0.2) is 4.57 Å². The molecule has 11 aromatic rings. The van der Waals surface area contributed by atoms with Gasteiger partial charge in [-0.25, -0.2) is 0 Å². The van der Waals surface area contributed by atoms with Crippen molar-refractivity contribution in [2.45, 2.75) is 131 Å². The van der Waals surface area contributed by atoms with Crippen molar-refractivity contribution >= 4 is 71.2 Å². The van der Waals surface area contributed by atoms with Crippen LogP contribution in [0.25, 0.3) is 82.1 Å². The molecule has 2 heteroatoms. The van der Waals surface area contributed by atoms with Crippen molar-refractivity contribution in [3.63, 3.8) is 0 Å². The van der Waals surface area contributed by atoms with E-state index in [-0.39, 0.29) is 27.1 Å². The van der Waals surface area contributed by atoms with Crippen LogP contribution in [0.2, 0.25) is 0 Å². The average molecular weight is 967 g/mol. The van der Waals surface area contributed by atoms with Gasteiger partial charge < -0.3 is 9.47 Å². The van der Waals surface area contributed by atoms with Crippen LogP contribution in [-0.2, 0) is 27.1 Å². The number of fused-ring (bicyclic) bond motifs is 3. The van der Waals surface area contributed by atoms with Gasteiger partial charge in [0.1, 0.15) is 0 Å². The Morgan fingerprint density at radius 2 is 0.797 bits per heavy atom. The van der Waals surface area contributed by atoms with Gasteiger partial charge in [-0.2, -0.15) is 0 Å². The molecule has 0 saturated carbocycles. The molecule has 0 aliphatic heterocycles. The highest BCUT2D eigenvalue weighted by Gasteiger charge is 2.28. The molecule has 1 aromatic heterocycles. The zero-order chi connectivity index (χ0) is 52.4. The molecule has 0 amide bonds. The smallest absolute Gasteiger partial charge is 0.0543 e. The van der Waals surface area contributed by atoms with E-state index in [0.29, 0.717) is 0 Å².